The molecule has 1 rings (SSSR count). The van der Waals surface area contributed by atoms with E-state index in [1.807, 2.05) is 18.2 Å². The Morgan fingerprint density at radius 3 is 2.40 bits per heavy atom. The molecule has 0 heterocycles. The van der Waals surface area contributed by atoms with Gasteiger partial charge in [0.25, 0.3) is 0 Å². The van der Waals surface area contributed by atoms with Crippen LogP contribution in [0, 0.1) is 5.41 Å². The van der Waals surface area contributed by atoms with Gasteiger partial charge in [0, 0.05) is 10.1 Å². The summed E-state index contributed by atoms with van der Waals surface area (Å²) in [7, 11) is 0. The van der Waals surface area contributed by atoms with E-state index < -0.39 is 0 Å². The molecule has 0 radical (unpaired) electrons. The summed E-state index contributed by atoms with van der Waals surface area (Å²) in [6.45, 7) is 8.95. The summed E-state index contributed by atoms with van der Waals surface area (Å²) in [6, 6.07) is 7.53. The molecule has 0 aliphatic heterocycles. The molecule has 1 N–H and O–H groups in total. The molecule has 0 saturated carbocycles. The normalized spacial score (nSPS) is 13.9. The van der Waals surface area contributed by atoms with Crippen molar-refractivity contribution in [1.82, 2.24) is 0 Å². The smallest absolute Gasteiger partial charge is 0.129 e. The lowest BCUT2D eigenvalue weighted by Crippen LogP contribution is -2.12. The molecule has 1 unspecified atom stereocenters. The van der Waals surface area contributed by atoms with Gasteiger partial charge in [-0.05, 0) is 24.0 Å². The molecule has 84 valence electrons. The van der Waals surface area contributed by atoms with Gasteiger partial charge in [0.1, 0.15) is 5.75 Å². The molecule has 0 spiro atoms. The number of phenols is 1. The summed E-state index contributed by atoms with van der Waals surface area (Å²) in [5, 5.41) is 10.2. The standard InChI is InChI=1S/C13H20OS/c1-10(9-13(2,3)4)15-12-8-6-5-7-11(12)14/h5-8,10,14H,9H2,1-4H3. The number of para-hydroxylation sites is 1. The van der Waals surface area contributed by atoms with Crippen LogP contribution < -0.4 is 0 Å². The molecule has 1 aromatic rings. The van der Waals surface area contributed by atoms with Crippen LogP contribution in [0.25, 0.3) is 0 Å². The molecule has 0 aliphatic rings. The predicted molar refractivity (Wildman–Crippen MR) is 67.5 cm³/mol. The van der Waals surface area contributed by atoms with Gasteiger partial charge in [0.2, 0.25) is 0 Å². The fourth-order valence-electron chi connectivity index (χ4n) is 1.68. The van der Waals surface area contributed by atoms with Crippen molar-refractivity contribution in [3.05, 3.63) is 24.3 Å². The number of phenolic OH excluding ortho intramolecular Hbond substituents is 1. The maximum atomic E-state index is 9.64. The number of thioether (sulfide) groups is 1. The maximum Gasteiger partial charge on any atom is 0.129 e. The van der Waals surface area contributed by atoms with Crippen LogP contribution in [0.2, 0.25) is 0 Å². The Morgan fingerprint density at radius 2 is 1.87 bits per heavy atom. The predicted octanol–water partition coefficient (Wildman–Crippen LogP) is 4.31. The van der Waals surface area contributed by atoms with Crippen molar-refractivity contribution in [3.63, 3.8) is 0 Å². The third kappa shape index (κ3) is 4.61. The Balaban J connectivity index is 2.59. The number of benzene rings is 1. The highest BCUT2D eigenvalue weighted by Crippen LogP contribution is 2.35. The van der Waals surface area contributed by atoms with E-state index in [4.69, 9.17) is 0 Å². The Labute approximate surface area is 96.9 Å². The lowest BCUT2D eigenvalue weighted by atomic mass is 9.91. The molecule has 1 aromatic carbocycles. The summed E-state index contributed by atoms with van der Waals surface area (Å²) >= 11 is 1.75. The minimum absolute atomic E-state index is 0.344. The van der Waals surface area contributed by atoms with Crippen LogP contribution >= 0.6 is 11.8 Å². The van der Waals surface area contributed by atoms with Gasteiger partial charge in [0.05, 0.1) is 0 Å². The Hall–Kier alpha value is -0.630. The molecule has 0 aromatic heterocycles. The van der Waals surface area contributed by atoms with Crippen molar-refractivity contribution in [2.24, 2.45) is 5.41 Å². The third-order valence-electron chi connectivity index (χ3n) is 2.09. The van der Waals surface area contributed by atoms with E-state index in [2.05, 4.69) is 27.7 Å². The van der Waals surface area contributed by atoms with Gasteiger partial charge in [-0.15, -0.1) is 11.8 Å². The van der Waals surface area contributed by atoms with E-state index >= 15 is 0 Å². The second kappa shape index (κ2) is 4.93. The molecule has 1 atom stereocenters. The van der Waals surface area contributed by atoms with Crippen molar-refractivity contribution < 1.29 is 5.11 Å². The average Bonchev–Trinajstić information content (AvgIpc) is 2.05. The number of rotatable bonds is 3. The van der Waals surface area contributed by atoms with Crippen molar-refractivity contribution in [3.8, 4) is 5.75 Å². The lowest BCUT2D eigenvalue weighted by Gasteiger charge is -2.22. The Bertz CT molecular complexity index is 315. The van der Waals surface area contributed by atoms with Gasteiger partial charge in [-0.1, -0.05) is 39.8 Å². The molecular formula is C13H20OS. The van der Waals surface area contributed by atoms with E-state index in [0.29, 0.717) is 16.4 Å². The van der Waals surface area contributed by atoms with E-state index in [1.54, 1.807) is 17.8 Å². The summed E-state index contributed by atoms with van der Waals surface area (Å²) in [6.07, 6.45) is 1.14. The Kier molecular flexibility index (Phi) is 4.09. The highest BCUT2D eigenvalue weighted by Gasteiger charge is 2.16. The Morgan fingerprint density at radius 1 is 1.27 bits per heavy atom. The molecular weight excluding hydrogens is 204 g/mol. The first-order valence-electron chi connectivity index (χ1n) is 5.33. The summed E-state index contributed by atoms with van der Waals surface area (Å²) in [5.41, 5.74) is 0.344. The molecule has 1 nitrogen and oxygen atoms in total. The van der Waals surface area contributed by atoms with Gasteiger partial charge in [-0.2, -0.15) is 0 Å². The zero-order chi connectivity index (χ0) is 11.5. The minimum atomic E-state index is 0.344. The quantitative estimate of drug-likeness (QED) is 0.772. The largest absolute Gasteiger partial charge is 0.507 e. The van der Waals surface area contributed by atoms with E-state index in [9.17, 15) is 5.11 Å². The SMILES string of the molecule is CC(CC(C)(C)C)Sc1ccccc1O. The average molecular weight is 224 g/mol. The minimum Gasteiger partial charge on any atom is -0.507 e. The van der Waals surface area contributed by atoms with Crippen LogP contribution in [0.5, 0.6) is 5.75 Å². The van der Waals surface area contributed by atoms with Gasteiger partial charge >= 0.3 is 0 Å². The molecule has 0 saturated heterocycles. The van der Waals surface area contributed by atoms with Crippen LogP contribution in [0.1, 0.15) is 34.1 Å². The molecule has 0 aliphatic carbocycles. The van der Waals surface area contributed by atoms with E-state index in [0.717, 1.165) is 11.3 Å². The molecule has 0 fully saturated rings. The zero-order valence-electron chi connectivity index (χ0n) is 9.95. The van der Waals surface area contributed by atoms with E-state index in [1.165, 1.54) is 0 Å². The highest BCUT2D eigenvalue weighted by molar-refractivity contribution is 8.00. The number of hydrogen-bond donors (Lipinski definition) is 1. The van der Waals surface area contributed by atoms with Crippen LogP contribution in [0.4, 0.5) is 0 Å². The van der Waals surface area contributed by atoms with Crippen LogP contribution in [0.15, 0.2) is 29.2 Å². The zero-order valence-corrected chi connectivity index (χ0v) is 10.8. The molecule has 0 bridgehead atoms. The van der Waals surface area contributed by atoms with Crippen LogP contribution in [-0.2, 0) is 0 Å². The second-order valence-electron chi connectivity index (χ2n) is 5.16. The fourth-order valence-corrected chi connectivity index (χ4v) is 3.04. The van der Waals surface area contributed by atoms with Crippen molar-refractivity contribution in [2.75, 3.05) is 0 Å². The second-order valence-corrected chi connectivity index (χ2v) is 6.64. The van der Waals surface area contributed by atoms with Crippen molar-refractivity contribution >= 4 is 11.8 Å². The van der Waals surface area contributed by atoms with Gasteiger partial charge < -0.3 is 5.11 Å². The third-order valence-corrected chi connectivity index (χ3v) is 3.26. The first-order chi connectivity index (χ1) is 6.88. The molecule has 2 heteroatoms. The monoisotopic (exact) mass is 224 g/mol. The summed E-state index contributed by atoms with van der Waals surface area (Å²) < 4.78 is 0. The first kappa shape index (κ1) is 12.4. The number of aromatic hydroxyl groups is 1. The van der Waals surface area contributed by atoms with Crippen LogP contribution in [0.3, 0.4) is 0 Å². The van der Waals surface area contributed by atoms with Gasteiger partial charge in [-0.25, -0.2) is 0 Å². The molecule has 15 heavy (non-hydrogen) atoms. The number of hydrogen-bond acceptors (Lipinski definition) is 2. The topological polar surface area (TPSA) is 20.2 Å². The molecule has 0 amide bonds. The summed E-state index contributed by atoms with van der Waals surface area (Å²) in [5.74, 6) is 0.392. The van der Waals surface area contributed by atoms with Crippen molar-refractivity contribution in [2.45, 2.75) is 44.3 Å². The first-order valence-corrected chi connectivity index (χ1v) is 6.21. The lowest BCUT2D eigenvalue weighted by molar-refractivity contribution is 0.378. The van der Waals surface area contributed by atoms with Crippen molar-refractivity contribution in [1.29, 1.82) is 0 Å². The van der Waals surface area contributed by atoms with Gasteiger partial charge in [0.15, 0.2) is 0 Å². The highest BCUT2D eigenvalue weighted by atomic mass is 32.2. The van der Waals surface area contributed by atoms with Crippen LogP contribution in [-0.4, -0.2) is 10.4 Å². The maximum absolute atomic E-state index is 9.64. The fraction of sp³-hybridized carbons (Fsp3) is 0.538. The summed E-state index contributed by atoms with van der Waals surface area (Å²) in [4.78, 5) is 0.981. The van der Waals surface area contributed by atoms with E-state index in [-0.39, 0.29) is 0 Å². The van der Waals surface area contributed by atoms with Gasteiger partial charge in [-0.3, -0.25) is 0 Å².